The number of anilines is 1. The Bertz CT molecular complexity index is 889. The molecular formula is C15H21AsN4O7S. The molecule has 1 atom stereocenters. The second-order valence-corrected chi connectivity index (χ2v) is 6.03. The van der Waals surface area contributed by atoms with Gasteiger partial charge in [-0.15, -0.1) is 0 Å². The van der Waals surface area contributed by atoms with Gasteiger partial charge in [0.25, 0.3) is 0 Å². The van der Waals surface area contributed by atoms with E-state index >= 15 is 0 Å². The van der Waals surface area contributed by atoms with Gasteiger partial charge in [-0.25, -0.2) is 9.52 Å². The van der Waals surface area contributed by atoms with Gasteiger partial charge in [-0.1, -0.05) is 12.1 Å². The van der Waals surface area contributed by atoms with E-state index in [-0.39, 0.29) is 47.2 Å². The molecule has 0 radical (unpaired) electrons. The number of ether oxygens (including phenoxy) is 3. The molecule has 2 aromatic rings. The summed E-state index contributed by atoms with van der Waals surface area (Å²) < 4.78 is 45.8. The van der Waals surface area contributed by atoms with Gasteiger partial charge in [0.1, 0.15) is 0 Å². The van der Waals surface area contributed by atoms with Gasteiger partial charge in [0.2, 0.25) is 17.7 Å². The monoisotopic (exact) mass is 476 g/mol. The van der Waals surface area contributed by atoms with Gasteiger partial charge in [-0.2, -0.15) is 18.4 Å². The van der Waals surface area contributed by atoms with Crippen molar-refractivity contribution in [3.05, 3.63) is 30.3 Å². The molecule has 1 heterocycles. The summed E-state index contributed by atoms with van der Waals surface area (Å²) in [5, 5.41) is 2.15. The Kier molecular flexibility index (Phi) is 8.80. The zero-order valence-corrected chi connectivity index (χ0v) is 19.2. The average molecular weight is 476 g/mol. The maximum absolute atomic E-state index is 12.1. The molecular weight excluding hydrogens is 455 g/mol. The van der Waals surface area contributed by atoms with Gasteiger partial charge in [-0.3, -0.25) is 5.32 Å². The molecule has 0 bridgehead atoms. The molecule has 1 aromatic carbocycles. The van der Waals surface area contributed by atoms with E-state index in [9.17, 15) is 13.2 Å². The number of urea groups is 1. The predicted molar refractivity (Wildman–Crippen MR) is 104 cm³/mol. The number of carbonyl (C=O) groups excluding carboxylic acids is 1. The van der Waals surface area contributed by atoms with E-state index in [0.29, 0.717) is 6.61 Å². The minimum absolute atomic E-state index is 0. The van der Waals surface area contributed by atoms with Crippen molar-refractivity contribution in [1.29, 1.82) is 0 Å². The van der Waals surface area contributed by atoms with Crippen molar-refractivity contribution in [3.63, 3.8) is 0 Å². The van der Waals surface area contributed by atoms with Gasteiger partial charge in [-0.05, 0) is 19.1 Å². The van der Waals surface area contributed by atoms with Crippen LogP contribution in [0.15, 0.2) is 30.3 Å². The molecule has 2 N–H and O–H groups in total. The van der Waals surface area contributed by atoms with Crippen LogP contribution in [0, 0.1) is 0 Å². The SMILES string of the molecule is CCOc1ccccc1OS(=O)(=O)NC(=O)Nc1nc(OC)cc(OC)n1.[AsH3]. The van der Waals surface area contributed by atoms with E-state index in [1.54, 1.807) is 23.8 Å². The van der Waals surface area contributed by atoms with Crippen LogP contribution in [0.2, 0.25) is 0 Å². The van der Waals surface area contributed by atoms with Crippen molar-refractivity contribution >= 4 is 40.2 Å². The predicted octanol–water partition coefficient (Wildman–Crippen LogP) is 0.154. The Morgan fingerprint density at radius 1 is 1.07 bits per heavy atom. The van der Waals surface area contributed by atoms with Crippen molar-refractivity contribution in [2.45, 2.75) is 6.92 Å². The van der Waals surface area contributed by atoms with E-state index in [2.05, 4.69) is 15.3 Å². The van der Waals surface area contributed by atoms with E-state index < -0.39 is 16.3 Å². The normalized spacial score (nSPS) is 10.2. The van der Waals surface area contributed by atoms with Crippen LogP contribution in [0.25, 0.3) is 0 Å². The summed E-state index contributed by atoms with van der Waals surface area (Å²) >= 11 is 0. The molecule has 13 heteroatoms. The summed E-state index contributed by atoms with van der Waals surface area (Å²) in [6.45, 7) is 2.04. The van der Waals surface area contributed by atoms with Crippen molar-refractivity contribution in [2.75, 3.05) is 26.1 Å². The topological polar surface area (TPSA) is 138 Å². The number of aromatic nitrogens is 2. The summed E-state index contributed by atoms with van der Waals surface area (Å²) in [7, 11) is -1.76. The Hall–Kier alpha value is -2.72. The number of methoxy groups -OCH3 is 2. The van der Waals surface area contributed by atoms with Gasteiger partial charge < -0.3 is 18.4 Å². The molecule has 0 saturated heterocycles. The second-order valence-electron chi connectivity index (χ2n) is 4.75. The summed E-state index contributed by atoms with van der Waals surface area (Å²) in [6, 6.07) is 6.37. The second kappa shape index (κ2) is 10.6. The molecule has 0 saturated carbocycles. The van der Waals surface area contributed by atoms with Crippen molar-refractivity contribution in [3.8, 4) is 23.3 Å². The van der Waals surface area contributed by atoms with Crippen molar-refractivity contribution < 1.29 is 31.6 Å². The Balaban J connectivity index is 0.00000392. The Morgan fingerprint density at radius 2 is 1.64 bits per heavy atom. The molecule has 11 nitrogen and oxygen atoms in total. The number of nitrogens with zero attached hydrogens (tertiary/aromatic N) is 2. The van der Waals surface area contributed by atoms with Crippen LogP contribution in [0.5, 0.6) is 23.3 Å². The van der Waals surface area contributed by atoms with Crippen molar-refractivity contribution in [2.24, 2.45) is 0 Å². The van der Waals surface area contributed by atoms with Crippen LogP contribution >= 0.6 is 0 Å². The van der Waals surface area contributed by atoms with Crippen LogP contribution in [0.3, 0.4) is 0 Å². The fourth-order valence-electron chi connectivity index (χ4n) is 1.84. The number of benzene rings is 1. The number of para-hydroxylation sites is 2. The van der Waals surface area contributed by atoms with Crippen LogP contribution in [-0.4, -0.2) is 63.2 Å². The molecule has 0 aliphatic heterocycles. The molecule has 28 heavy (non-hydrogen) atoms. The molecule has 0 aliphatic rings. The molecule has 0 spiro atoms. The van der Waals surface area contributed by atoms with E-state index in [0.717, 1.165) is 0 Å². The maximum atomic E-state index is 12.1. The first-order valence-corrected chi connectivity index (χ1v) is 8.99. The zero-order chi connectivity index (χ0) is 19.9. The molecule has 2 rings (SSSR count). The summed E-state index contributed by atoms with van der Waals surface area (Å²) in [5.41, 5.74) is 0. The number of hydrogen-bond donors (Lipinski definition) is 2. The summed E-state index contributed by atoms with van der Waals surface area (Å²) in [6.07, 6.45) is 0. The molecule has 0 fully saturated rings. The number of rotatable bonds is 8. The third-order valence-corrected chi connectivity index (χ3v) is 3.72. The standard InChI is InChI=1S/C15H18N4O7S.AsH3/c1-4-25-10-7-5-6-8-11(10)26-27(21,22)19-15(20)18-14-16-12(23-2)9-13(17-14)24-3;/h5-9H,4H2,1-3H3,(H2,16,17,18,19,20);1H3. The van der Waals surface area contributed by atoms with Gasteiger partial charge >= 0.3 is 34.3 Å². The van der Waals surface area contributed by atoms with Crippen LogP contribution in [0.1, 0.15) is 6.92 Å². The molecule has 1 unspecified atom stereocenters. The van der Waals surface area contributed by atoms with Gasteiger partial charge in [0.05, 0.1) is 26.9 Å². The fraction of sp³-hybridized carbons (Fsp3) is 0.267. The quantitative estimate of drug-likeness (QED) is 0.510. The third-order valence-electron chi connectivity index (χ3n) is 2.89. The summed E-state index contributed by atoms with van der Waals surface area (Å²) in [5.74, 6) is 0.142. The van der Waals surface area contributed by atoms with E-state index in [1.165, 1.54) is 32.4 Å². The van der Waals surface area contributed by atoms with Crippen LogP contribution in [0.4, 0.5) is 10.7 Å². The first-order chi connectivity index (χ1) is 12.9. The van der Waals surface area contributed by atoms with Gasteiger partial charge in [0.15, 0.2) is 11.5 Å². The van der Waals surface area contributed by atoms with Crippen molar-refractivity contribution in [1.82, 2.24) is 14.7 Å². The number of nitrogens with one attached hydrogen (secondary N) is 2. The number of hydrogen-bond acceptors (Lipinski definition) is 9. The average Bonchev–Trinajstić information content (AvgIpc) is 2.62. The number of carbonyl (C=O) groups is 1. The van der Waals surface area contributed by atoms with E-state index in [4.69, 9.17) is 18.4 Å². The Labute approximate surface area is 173 Å². The molecule has 154 valence electrons. The van der Waals surface area contributed by atoms with Crippen LogP contribution in [-0.2, 0) is 10.3 Å². The van der Waals surface area contributed by atoms with Gasteiger partial charge in [0, 0.05) is 0 Å². The third kappa shape index (κ3) is 6.78. The first-order valence-electron chi connectivity index (χ1n) is 7.59. The zero-order valence-electron chi connectivity index (χ0n) is 15.5. The minimum atomic E-state index is -4.49. The number of amides is 2. The molecule has 2 amide bonds. The fourth-order valence-corrected chi connectivity index (χ4v) is 2.54. The van der Waals surface area contributed by atoms with E-state index in [1.807, 2.05) is 0 Å². The molecule has 0 aliphatic carbocycles. The molecule has 1 aromatic heterocycles. The summed E-state index contributed by atoms with van der Waals surface area (Å²) in [4.78, 5) is 19.7. The van der Waals surface area contributed by atoms with Crippen LogP contribution < -0.4 is 28.4 Å². The first kappa shape index (κ1) is 23.3. The Morgan fingerprint density at radius 3 is 2.18 bits per heavy atom.